The van der Waals surface area contributed by atoms with E-state index < -0.39 is 16.4 Å². The Bertz CT molecular complexity index is 477. The summed E-state index contributed by atoms with van der Waals surface area (Å²) >= 11 is 0. The van der Waals surface area contributed by atoms with Gasteiger partial charge in [-0.3, -0.25) is 14.9 Å². The number of nitrogens with one attached hydrogen (secondary N) is 2. The fourth-order valence-corrected chi connectivity index (χ4v) is 1.53. The lowest BCUT2D eigenvalue weighted by atomic mass is 10.2. The number of benzene rings is 1. The number of hydrogen-bond donors (Lipinski definition) is 2. The molecule has 0 bridgehead atoms. The molecule has 0 spiro atoms. The van der Waals surface area contributed by atoms with Crippen LogP contribution in [0.1, 0.15) is 19.4 Å². The van der Waals surface area contributed by atoms with Crippen LogP contribution in [-0.4, -0.2) is 23.4 Å². The molecule has 7 heteroatoms. The lowest BCUT2D eigenvalue weighted by Crippen LogP contribution is -2.37. The summed E-state index contributed by atoms with van der Waals surface area (Å²) in [7, 11) is 0. The van der Waals surface area contributed by atoms with Gasteiger partial charge in [-0.15, -0.1) is 0 Å². The molecule has 0 radical (unpaired) electrons. The van der Waals surface area contributed by atoms with E-state index in [1.54, 1.807) is 0 Å². The molecule has 1 amide bonds. The Labute approximate surface area is 110 Å². The monoisotopic (exact) mass is 269 g/mol. The zero-order chi connectivity index (χ0) is 14.4. The van der Waals surface area contributed by atoms with E-state index in [0.717, 1.165) is 6.07 Å². The van der Waals surface area contributed by atoms with Crippen molar-refractivity contribution in [3.63, 3.8) is 0 Å². The summed E-state index contributed by atoms with van der Waals surface area (Å²) < 4.78 is 13.7. The number of nitrogens with zero attached hydrogens (tertiary/aromatic N) is 1. The van der Waals surface area contributed by atoms with Crippen molar-refractivity contribution < 1.29 is 14.1 Å². The van der Waals surface area contributed by atoms with Crippen molar-refractivity contribution >= 4 is 11.6 Å². The predicted molar refractivity (Wildman–Crippen MR) is 68.0 cm³/mol. The highest BCUT2D eigenvalue weighted by Gasteiger charge is 2.16. The lowest BCUT2D eigenvalue weighted by Gasteiger charge is -2.09. The minimum Gasteiger partial charge on any atom is -0.353 e. The summed E-state index contributed by atoms with van der Waals surface area (Å²) in [5.74, 6) is -1.08. The molecule has 1 rings (SSSR count). The molecule has 6 nitrogen and oxygen atoms in total. The molecular formula is C12H16FN3O3. The average molecular weight is 269 g/mol. The van der Waals surface area contributed by atoms with Crippen LogP contribution < -0.4 is 10.6 Å². The number of amides is 1. The Hall–Kier alpha value is -2.02. The van der Waals surface area contributed by atoms with Crippen molar-refractivity contribution in [2.75, 3.05) is 6.54 Å². The van der Waals surface area contributed by atoms with Gasteiger partial charge in [-0.25, -0.2) is 0 Å². The first-order valence-corrected chi connectivity index (χ1v) is 5.83. The fourth-order valence-electron chi connectivity index (χ4n) is 1.53. The molecule has 0 aliphatic carbocycles. The molecule has 0 saturated carbocycles. The zero-order valence-corrected chi connectivity index (χ0v) is 10.8. The van der Waals surface area contributed by atoms with Crippen LogP contribution in [0.5, 0.6) is 0 Å². The second kappa shape index (κ2) is 6.79. The van der Waals surface area contributed by atoms with Gasteiger partial charge < -0.3 is 10.6 Å². The van der Waals surface area contributed by atoms with Crippen molar-refractivity contribution in [2.45, 2.75) is 26.4 Å². The van der Waals surface area contributed by atoms with Crippen LogP contribution in [-0.2, 0) is 11.3 Å². The first-order valence-electron chi connectivity index (χ1n) is 5.83. The second-order valence-corrected chi connectivity index (χ2v) is 4.33. The van der Waals surface area contributed by atoms with Gasteiger partial charge in [-0.2, -0.15) is 4.39 Å². The maximum Gasteiger partial charge on any atom is 0.305 e. The predicted octanol–water partition coefficient (Wildman–Crippen LogP) is 1.35. The Kier molecular flexibility index (Phi) is 5.37. The molecule has 0 heterocycles. The van der Waals surface area contributed by atoms with Gasteiger partial charge in [-0.05, 0) is 13.8 Å². The normalized spacial score (nSPS) is 10.5. The molecule has 19 heavy (non-hydrogen) atoms. The van der Waals surface area contributed by atoms with Gasteiger partial charge in [0.25, 0.3) is 0 Å². The first-order chi connectivity index (χ1) is 8.91. The largest absolute Gasteiger partial charge is 0.353 e. The van der Waals surface area contributed by atoms with E-state index in [9.17, 15) is 19.3 Å². The van der Waals surface area contributed by atoms with Crippen molar-refractivity contribution in [1.29, 1.82) is 0 Å². The molecule has 0 aromatic heterocycles. The number of nitro benzene ring substituents is 1. The number of nitro groups is 1. The van der Waals surface area contributed by atoms with E-state index in [1.165, 1.54) is 12.1 Å². The lowest BCUT2D eigenvalue weighted by molar-refractivity contribution is -0.387. The minimum atomic E-state index is -0.871. The number of hydrogen-bond acceptors (Lipinski definition) is 4. The molecular weight excluding hydrogens is 253 g/mol. The van der Waals surface area contributed by atoms with Crippen LogP contribution in [0.4, 0.5) is 10.1 Å². The van der Waals surface area contributed by atoms with Crippen molar-refractivity contribution in [1.82, 2.24) is 10.6 Å². The highest BCUT2D eigenvalue weighted by Crippen LogP contribution is 2.19. The van der Waals surface area contributed by atoms with E-state index in [0.29, 0.717) is 0 Å². The second-order valence-electron chi connectivity index (χ2n) is 4.33. The zero-order valence-electron chi connectivity index (χ0n) is 10.8. The summed E-state index contributed by atoms with van der Waals surface area (Å²) in [6.45, 7) is 3.75. The third-order valence-electron chi connectivity index (χ3n) is 2.31. The van der Waals surface area contributed by atoms with Gasteiger partial charge >= 0.3 is 5.69 Å². The molecule has 104 valence electrons. The molecule has 1 aromatic rings. The topological polar surface area (TPSA) is 84.3 Å². The van der Waals surface area contributed by atoms with E-state index in [4.69, 9.17) is 0 Å². The highest BCUT2D eigenvalue weighted by atomic mass is 19.1. The Balaban J connectivity index is 2.57. The fraction of sp³-hybridized carbons (Fsp3) is 0.417. The highest BCUT2D eigenvalue weighted by molar-refractivity contribution is 5.78. The Morgan fingerprint density at radius 1 is 1.47 bits per heavy atom. The summed E-state index contributed by atoms with van der Waals surface area (Å²) in [5, 5.41) is 16.0. The SMILES string of the molecule is CC(C)NC(=O)CNCc1cccc([N+](=O)[O-])c1F. The minimum absolute atomic E-state index is 0.0281. The van der Waals surface area contributed by atoms with Gasteiger partial charge in [-0.1, -0.05) is 12.1 Å². The third-order valence-corrected chi connectivity index (χ3v) is 2.31. The van der Waals surface area contributed by atoms with Crippen molar-refractivity contribution in [3.8, 4) is 0 Å². The van der Waals surface area contributed by atoms with E-state index in [-0.39, 0.29) is 30.6 Å². The molecule has 2 N–H and O–H groups in total. The Morgan fingerprint density at radius 3 is 2.74 bits per heavy atom. The molecule has 0 aliphatic heterocycles. The average Bonchev–Trinajstić information content (AvgIpc) is 2.30. The standard InChI is InChI=1S/C12H16FN3O3/c1-8(2)15-11(17)7-14-6-9-4-3-5-10(12(9)13)16(18)19/h3-5,8,14H,6-7H2,1-2H3,(H,15,17). The van der Waals surface area contributed by atoms with Crippen LogP contribution >= 0.6 is 0 Å². The van der Waals surface area contributed by atoms with Gasteiger partial charge in [0.05, 0.1) is 11.5 Å². The van der Waals surface area contributed by atoms with Gasteiger partial charge in [0.2, 0.25) is 11.7 Å². The van der Waals surface area contributed by atoms with E-state index in [2.05, 4.69) is 10.6 Å². The third kappa shape index (κ3) is 4.63. The molecule has 0 atom stereocenters. The van der Waals surface area contributed by atoms with Crippen LogP contribution in [0.25, 0.3) is 0 Å². The molecule has 1 aromatic carbocycles. The van der Waals surface area contributed by atoms with Gasteiger partial charge in [0.15, 0.2) is 0 Å². The Morgan fingerprint density at radius 2 is 2.16 bits per heavy atom. The quantitative estimate of drug-likeness (QED) is 0.603. The smallest absolute Gasteiger partial charge is 0.305 e. The van der Waals surface area contributed by atoms with Crippen LogP contribution in [0.15, 0.2) is 18.2 Å². The van der Waals surface area contributed by atoms with Crippen molar-refractivity contribution in [2.24, 2.45) is 0 Å². The van der Waals surface area contributed by atoms with Gasteiger partial charge in [0.1, 0.15) is 0 Å². The molecule has 0 aliphatic rings. The number of carbonyl (C=O) groups is 1. The molecule has 0 unspecified atom stereocenters. The number of rotatable bonds is 6. The number of halogens is 1. The first kappa shape index (κ1) is 15.0. The summed E-state index contributed by atoms with van der Waals surface area (Å²) in [5.41, 5.74) is -0.405. The number of carbonyl (C=O) groups excluding carboxylic acids is 1. The van der Waals surface area contributed by atoms with E-state index in [1.807, 2.05) is 13.8 Å². The van der Waals surface area contributed by atoms with Gasteiger partial charge in [0, 0.05) is 24.2 Å². The van der Waals surface area contributed by atoms with Crippen LogP contribution in [0.3, 0.4) is 0 Å². The summed E-state index contributed by atoms with van der Waals surface area (Å²) in [6, 6.07) is 3.98. The maximum absolute atomic E-state index is 13.7. The molecule has 0 saturated heterocycles. The summed E-state index contributed by atoms with van der Waals surface area (Å²) in [4.78, 5) is 21.1. The van der Waals surface area contributed by atoms with Crippen molar-refractivity contribution in [3.05, 3.63) is 39.7 Å². The maximum atomic E-state index is 13.7. The van der Waals surface area contributed by atoms with E-state index >= 15 is 0 Å². The molecule has 0 fully saturated rings. The summed E-state index contributed by atoms with van der Waals surface area (Å²) in [6.07, 6.45) is 0. The van der Waals surface area contributed by atoms with Crippen LogP contribution in [0.2, 0.25) is 0 Å². The van der Waals surface area contributed by atoms with Crippen LogP contribution in [0, 0.1) is 15.9 Å².